The van der Waals surface area contributed by atoms with Crippen molar-refractivity contribution < 1.29 is 23.1 Å². The van der Waals surface area contributed by atoms with Crippen LogP contribution in [0.4, 0.5) is 8.78 Å². The summed E-state index contributed by atoms with van der Waals surface area (Å²) in [6, 6.07) is 2.19. The molecule has 1 fully saturated rings. The Morgan fingerprint density at radius 1 is 1.31 bits per heavy atom. The Morgan fingerprint density at radius 3 is 2.62 bits per heavy atom. The Kier molecular flexibility index (Phi) is 6.71. The summed E-state index contributed by atoms with van der Waals surface area (Å²) >= 11 is 0. The number of amides is 2. The van der Waals surface area contributed by atoms with E-state index in [-0.39, 0.29) is 29.7 Å². The van der Waals surface area contributed by atoms with Crippen molar-refractivity contribution in [1.29, 1.82) is 0 Å². The highest BCUT2D eigenvalue weighted by atomic mass is 19.1. The lowest BCUT2D eigenvalue weighted by Crippen LogP contribution is -2.40. The maximum atomic E-state index is 14.1. The predicted octanol–water partition coefficient (Wildman–Crippen LogP) is 3.39. The van der Waals surface area contributed by atoms with Gasteiger partial charge in [0.2, 0.25) is 0 Å². The maximum Gasteiger partial charge on any atom is 0.274 e. The molecule has 2 heterocycles. The van der Waals surface area contributed by atoms with Crippen molar-refractivity contribution in [3.8, 4) is 0 Å². The molecule has 1 aromatic carbocycles. The van der Waals surface area contributed by atoms with Crippen molar-refractivity contribution in [2.24, 2.45) is 5.92 Å². The molecule has 0 saturated carbocycles. The first-order valence-corrected chi connectivity index (χ1v) is 10.6. The van der Waals surface area contributed by atoms with E-state index in [0.717, 1.165) is 12.5 Å². The molecule has 32 heavy (non-hydrogen) atoms. The fourth-order valence-electron chi connectivity index (χ4n) is 4.12. The number of halogens is 2. The normalized spacial score (nSPS) is 18.2. The summed E-state index contributed by atoms with van der Waals surface area (Å²) in [6.07, 6.45) is 0.759. The molecule has 0 spiro atoms. The van der Waals surface area contributed by atoms with Crippen LogP contribution in [0.5, 0.6) is 0 Å². The van der Waals surface area contributed by atoms with Gasteiger partial charge in [-0.1, -0.05) is 13.5 Å². The zero-order valence-electron chi connectivity index (χ0n) is 19.1. The zero-order valence-corrected chi connectivity index (χ0v) is 19.1. The van der Waals surface area contributed by atoms with Crippen molar-refractivity contribution in [2.75, 3.05) is 27.2 Å². The molecule has 6 nitrogen and oxygen atoms in total. The van der Waals surface area contributed by atoms with E-state index < -0.39 is 17.5 Å². The van der Waals surface area contributed by atoms with Crippen LogP contribution in [0, 0.1) is 24.5 Å². The van der Waals surface area contributed by atoms with Crippen molar-refractivity contribution in [3.05, 3.63) is 69.8 Å². The van der Waals surface area contributed by atoms with Crippen LogP contribution >= 0.6 is 0 Å². The van der Waals surface area contributed by atoms with E-state index in [1.165, 1.54) is 20.1 Å². The summed E-state index contributed by atoms with van der Waals surface area (Å²) in [4.78, 5) is 29.7. The molecule has 2 amide bonds. The largest absolute Gasteiger partial charge is 0.494 e. The first-order valence-electron chi connectivity index (χ1n) is 10.6. The molecule has 1 atom stereocenters. The Bertz CT molecular complexity index is 1050. The minimum atomic E-state index is -0.725. The third kappa shape index (κ3) is 4.01. The van der Waals surface area contributed by atoms with Gasteiger partial charge in [-0.2, -0.15) is 0 Å². The number of carbonyl (C=O) groups excluding carboxylic acids is 2. The number of nitrogens with one attached hydrogen (secondary N) is 1. The predicted molar refractivity (Wildman–Crippen MR) is 117 cm³/mol. The lowest BCUT2D eigenvalue weighted by Gasteiger charge is -2.34. The van der Waals surface area contributed by atoms with Gasteiger partial charge in [0, 0.05) is 49.6 Å². The van der Waals surface area contributed by atoms with Crippen LogP contribution in [0.2, 0.25) is 0 Å². The number of benzene rings is 1. The van der Waals surface area contributed by atoms with Crippen LogP contribution in [-0.4, -0.2) is 48.9 Å². The summed E-state index contributed by atoms with van der Waals surface area (Å²) in [7, 11) is 3.14. The number of carbonyl (C=O) groups is 2. The molecule has 2 aliphatic rings. The summed E-state index contributed by atoms with van der Waals surface area (Å²) < 4.78 is 33.2. The molecule has 0 bridgehead atoms. The molecule has 1 unspecified atom stereocenters. The third-order valence-corrected chi connectivity index (χ3v) is 6.08. The second-order valence-electron chi connectivity index (χ2n) is 8.16. The summed E-state index contributed by atoms with van der Waals surface area (Å²) in [5.41, 5.74) is 2.19. The van der Waals surface area contributed by atoms with Gasteiger partial charge in [-0.15, -0.1) is 0 Å². The molecular formula is C24H29F2N3O3. The molecule has 172 valence electrons. The molecule has 0 aliphatic carbocycles. The van der Waals surface area contributed by atoms with Crippen molar-refractivity contribution in [3.63, 3.8) is 0 Å². The number of hydrogen-bond acceptors (Lipinski definition) is 4. The molecule has 1 N–H and O–H groups in total. The number of allylic oxidation sites excluding steroid dienone is 2. The highest BCUT2D eigenvalue weighted by Gasteiger charge is 2.42. The average molecular weight is 446 g/mol. The summed E-state index contributed by atoms with van der Waals surface area (Å²) in [5, 5.41) is 2.72. The molecule has 1 aromatic rings. The molecular weight excluding hydrogens is 416 g/mol. The van der Waals surface area contributed by atoms with E-state index in [9.17, 15) is 18.4 Å². The first kappa shape index (κ1) is 23.5. The smallest absolute Gasteiger partial charge is 0.274 e. The number of likely N-dealkylation sites (N-methyl/N-ethyl adjacent to an activating group) is 1. The maximum absolute atomic E-state index is 14.1. The first-order chi connectivity index (χ1) is 15.1. The molecule has 8 heteroatoms. The Balaban J connectivity index is 1.96. The highest BCUT2D eigenvalue weighted by Crippen LogP contribution is 2.43. The number of rotatable bonds is 6. The molecule has 0 radical (unpaired) electrons. The van der Waals surface area contributed by atoms with Crippen LogP contribution < -0.4 is 5.32 Å². The van der Waals surface area contributed by atoms with E-state index in [4.69, 9.17) is 4.74 Å². The average Bonchev–Trinajstić information content (AvgIpc) is 3.14. The lowest BCUT2D eigenvalue weighted by molar-refractivity contribution is -0.127. The SMILES string of the molecule is C=C1C(OC)=C(C(=O)N(C)CC)N2CCC(C)C2=C1C(=O)NCc1cc(C)c(F)cc1F. The minimum Gasteiger partial charge on any atom is -0.494 e. The van der Waals surface area contributed by atoms with Gasteiger partial charge in [-0.25, -0.2) is 8.78 Å². The number of nitrogens with zero attached hydrogens (tertiary/aromatic N) is 2. The second kappa shape index (κ2) is 9.14. The number of methoxy groups -OCH3 is 1. The zero-order chi connectivity index (χ0) is 23.7. The van der Waals surface area contributed by atoms with Crippen molar-refractivity contribution >= 4 is 11.8 Å². The van der Waals surface area contributed by atoms with E-state index in [1.54, 1.807) is 11.9 Å². The number of ether oxygens (including phenoxy) is 1. The van der Waals surface area contributed by atoms with Gasteiger partial charge in [0.05, 0.1) is 12.7 Å². The van der Waals surface area contributed by atoms with Gasteiger partial charge >= 0.3 is 0 Å². The third-order valence-electron chi connectivity index (χ3n) is 6.08. The molecule has 2 aliphatic heterocycles. The monoisotopic (exact) mass is 445 g/mol. The van der Waals surface area contributed by atoms with Gasteiger partial charge < -0.3 is 19.9 Å². The second-order valence-corrected chi connectivity index (χ2v) is 8.16. The van der Waals surface area contributed by atoms with E-state index in [0.29, 0.717) is 41.2 Å². The molecule has 0 aromatic heterocycles. The van der Waals surface area contributed by atoms with Gasteiger partial charge in [-0.05, 0) is 37.8 Å². The summed E-state index contributed by atoms with van der Waals surface area (Å²) in [5.74, 6) is -1.75. The van der Waals surface area contributed by atoms with Crippen molar-refractivity contribution in [2.45, 2.75) is 33.7 Å². The fraction of sp³-hybridized carbons (Fsp3) is 0.417. The number of aryl methyl sites for hydroxylation is 1. The van der Waals surface area contributed by atoms with E-state index in [1.807, 2.05) is 18.7 Å². The Hall–Kier alpha value is -3.16. The van der Waals surface area contributed by atoms with Gasteiger partial charge in [-0.3, -0.25) is 9.59 Å². The van der Waals surface area contributed by atoms with Crippen LogP contribution in [-0.2, 0) is 20.9 Å². The van der Waals surface area contributed by atoms with Crippen LogP contribution in [0.3, 0.4) is 0 Å². The number of fused-ring (bicyclic) bond motifs is 1. The lowest BCUT2D eigenvalue weighted by atomic mass is 9.92. The Morgan fingerprint density at radius 2 is 2.00 bits per heavy atom. The topological polar surface area (TPSA) is 61.9 Å². The van der Waals surface area contributed by atoms with Gasteiger partial charge in [0.1, 0.15) is 11.6 Å². The minimum absolute atomic E-state index is 0.0189. The molecule has 3 rings (SSSR count). The quantitative estimate of drug-likeness (QED) is 0.729. The number of hydrogen-bond donors (Lipinski definition) is 1. The van der Waals surface area contributed by atoms with Gasteiger partial charge in [0.15, 0.2) is 11.5 Å². The highest BCUT2D eigenvalue weighted by molar-refractivity contribution is 6.03. The standard InChI is InChI=1S/C24H29F2N3O3/c1-7-28(5)24(31)21-22(32-6)15(4)19(20-13(2)8-9-29(20)21)23(30)27-12-16-10-14(3)17(25)11-18(16)26/h10-11,13H,4,7-9,12H2,1-3,5-6H3,(H,27,30). The molecule has 1 saturated heterocycles. The van der Waals surface area contributed by atoms with Crippen LogP contribution in [0.25, 0.3) is 0 Å². The van der Waals surface area contributed by atoms with Crippen LogP contribution in [0.1, 0.15) is 31.4 Å². The summed E-state index contributed by atoms with van der Waals surface area (Å²) in [6.45, 7) is 10.4. The van der Waals surface area contributed by atoms with Gasteiger partial charge in [0.25, 0.3) is 11.8 Å². The van der Waals surface area contributed by atoms with Crippen LogP contribution in [0.15, 0.2) is 47.0 Å². The fourth-order valence-corrected chi connectivity index (χ4v) is 4.12. The van der Waals surface area contributed by atoms with E-state index in [2.05, 4.69) is 11.9 Å². The Labute approximate surface area is 187 Å². The van der Waals surface area contributed by atoms with Crippen molar-refractivity contribution in [1.82, 2.24) is 15.1 Å². The van der Waals surface area contributed by atoms with E-state index >= 15 is 0 Å².